The first-order valence-corrected chi connectivity index (χ1v) is 13.3. The highest BCUT2D eigenvalue weighted by molar-refractivity contribution is 6.74. The summed E-state index contributed by atoms with van der Waals surface area (Å²) in [6.07, 6.45) is -3.04. The Morgan fingerprint density at radius 1 is 1.07 bits per heavy atom. The molecule has 7 heteroatoms. The Kier molecular flexibility index (Phi) is 6.61. The van der Waals surface area contributed by atoms with Crippen molar-refractivity contribution in [2.45, 2.75) is 95.9 Å². The van der Waals surface area contributed by atoms with Crippen molar-refractivity contribution in [3.05, 3.63) is 35.9 Å². The van der Waals surface area contributed by atoms with E-state index in [0.29, 0.717) is 13.2 Å². The van der Waals surface area contributed by atoms with Gasteiger partial charge in [0.1, 0.15) is 24.4 Å². The number of fused-ring (bicyclic) bond motifs is 1. The number of rotatable bonds is 6. The molecule has 0 bridgehead atoms. The van der Waals surface area contributed by atoms with E-state index in [0.717, 1.165) is 5.56 Å². The van der Waals surface area contributed by atoms with Gasteiger partial charge in [0.25, 0.3) is 0 Å². The van der Waals surface area contributed by atoms with E-state index in [1.807, 2.05) is 44.2 Å². The number of aliphatic hydroxyl groups excluding tert-OH is 1. The van der Waals surface area contributed by atoms with Crippen LogP contribution in [-0.2, 0) is 30.0 Å². The summed E-state index contributed by atoms with van der Waals surface area (Å²) in [5.41, 5.74) is 1.02. The highest BCUT2D eigenvalue weighted by Crippen LogP contribution is 2.40. The Morgan fingerprint density at radius 3 is 2.31 bits per heavy atom. The quantitative estimate of drug-likeness (QED) is 0.700. The Bertz CT molecular complexity index is 672. The van der Waals surface area contributed by atoms with Crippen LogP contribution in [0.3, 0.4) is 0 Å². The molecule has 6 nitrogen and oxygen atoms in total. The molecule has 0 spiro atoms. The van der Waals surface area contributed by atoms with Gasteiger partial charge >= 0.3 is 0 Å². The van der Waals surface area contributed by atoms with Crippen LogP contribution in [-0.4, -0.2) is 56.5 Å². The fourth-order valence-corrected chi connectivity index (χ4v) is 4.40. The highest BCUT2D eigenvalue weighted by Gasteiger charge is 2.55. The van der Waals surface area contributed by atoms with Crippen molar-refractivity contribution in [3.63, 3.8) is 0 Å². The highest BCUT2D eigenvalue weighted by atomic mass is 28.4. The molecule has 2 saturated heterocycles. The van der Waals surface area contributed by atoms with Crippen LogP contribution in [0.1, 0.15) is 40.2 Å². The predicted octanol–water partition coefficient (Wildman–Crippen LogP) is 3.83. The van der Waals surface area contributed by atoms with E-state index < -0.39 is 38.7 Å². The molecule has 2 aliphatic heterocycles. The zero-order valence-electron chi connectivity index (χ0n) is 18.7. The summed E-state index contributed by atoms with van der Waals surface area (Å²) in [7, 11) is -1.96. The summed E-state index contributed by atoms with van der Waals surface area (Å²) in [5.74, 6) is -0.788. The van der Waals surface area contributed by atoms with Gasteiger partial charge in [0.2, 0.25) is 0 Å². The normalized spacial score (nSPS) is 32.2. The fourth-order valence-electron chi connectivity index (χ4n) is 3.39. The third-order valence-corrected chi connectivity index (χ3v) is 10.6. The zero-order valence-corrected chi connectivity index (χ0v) is 19.7. The maximum atomic E-state index is 10.8. The van der Waals surface area contributed by atoms with Gasteiger partial charge in [-0.3, -0.25) is 0 Å². The summed E-state index contributed by atoms with van der Waals surface area (Å²) < 4.78 is 30.6. The van der Waals surface area contributed by atoms with Crippen LogP contribution in [0.5, 0.6) is 0 Å². The molecule has 1 aromatic rings. The first kappa shape index (κ1) is 22.9. The van der Waals surface area contributed by atoms with Crippen LogP contribution in [0.2, 0.25) is 18.1 Å². The number of hydrogen-bond donors (Lipinski definition) is 1. The standard InChI is InChI=1S/C22H36O6Si/c1-21(2,3)29(6,7)25-14-16-18-19(28-22(4,5)27-18)17(23)20(26-16)24-13-15-11-9-8-10-12-15/h8-12,16-20,23H,13-14H2,1-7H3/t16-,17-,18+,19-,20-/m1/s1. The zero-order chi connectivity index (χ0) is 21.4. The lowest BCUT2D eigenvalue weighted by Gasteiger charge is -2.42. The van der Waals surface area contributed by atoms with E-state index in [-0.39, 0.29) is 11.1 Å². The van der Waals surface area contributed by atoms with Crippen molar-refractivity contribution in [2.24, 2.45) is 0 Å². The van der Waals surface area contributed by atoms with E-state index in [1.54, 1.807) is 0 Å². The van der Waals surface area contributed by atoms with Gasteiger partial charge in [-0.2, -0.15) is 0 Å². The fraction of sp³-hybridized carbons (Fsp3) is 0.727. The molecule has 0 unspecified atom stereocenters. The van der Waals surface area contributed by atoms with Gasteiger partial charge in [-0.1, -0.05) is 51.1 Å². The van der Waals surface area contributed by atoms with Crippen molar-refractivity contribution in [1.29, 1.82) is 0 Å². The molecule has 2 heterocycles. The van der Waals surface area contributed by atoms with Gasteiger partial charge in [0.05, 0.1) is 13.2 Å². The van der Waals surface area contributed by atoms with Gasteiger partial charge < -0.3 is 28.5 Å². The lowest BCUT2D eigenvalue weighted by Crippen LogP contribution is -2.59. The van der Waals surface area contributed by atoms with E-state index in [9.17, 15) is 5.11 Å². The molecule has 0 amide bonds. The van der Waals surface area contributed by atoms with Crippen molar-refractivity contribution in [3.8, 4) is 0 Å². The summed E-state index contributed by atoms with van der Waals surface area (Å²) >= 11 is 0. The summed E-state index contributed by atoms with van der Waals surface area (Å²) in [5, 5.41) is 10.9. The minimum Gasteiger partial charge on any atom is -0.414 e. The van der Waals surface area contributed by atoms with Crippen LogP contribution in [0.25, 0.3) is 0 Å². The molecule has 5 atom stereocenters. The molecule has 3 rings (SSSR count). The average Bonchev–Trinajstić information content (AvgIpc) is 2.96. The number of benzene rings is 1. The molecule has 1 N–H and O–H groups in total. The maximum absolute atomic E-state index is 10.8. The second-order valence-electron chi connectivity index (χ2n) is 9.97. The smallest absolute Gasteiger partial charge is 0.192 e. The van der Waals surface area contributed by atoms with Gasteiger partial charge in [-0.15, -0.1) is 0 Å². The minimum atomic E-state index is -1.96. The predicted molar refractivity (Wildman–Crippen MR) is 113 cm³/mol. The van der Waals surface area contributed by atoms with Gasteiger partial charge in [-0.25, -0.2) is 0 Å². The van der Waals surface area contributed by atoms with Gasteiger partial charge in [-0.05, 0) is 37.5 Å². The van der Waals surface area contributed by atoms with E-state index in [2.05, 4.69) is 33.9 Å². The molecule has 1 aromatic carbocycles. The van der Waals surface area contributed by atoms with Crippen LogP contribution >= 0.6 is 0 Å². The second-order valence-corrected chi connectivity index (χ2v) is 14.8. The molecule has 0 aromatic heterocycles. The average molecular weight is 425 g/mol. The monoisotopic (exact) mass is 424 g/mol. The van der Waals surface area contributed by atoms with E-state index >= 15 is 0 Å². The maximum Gasteiger partial charge on any atom is 0.192 e. The van der Waals surface area contributed by atoms with Crippen molar-refractivity contribution >= 4 is 8.32 Å². The molecular formula is C22H36O6Si. The van der Waals surface area contributed by atoms with Crippen LogP contribution < -0.4 is 0 Å². The van der Waals surface area contributed by atoms with Crippen molar-refractivity contribution in [2.75, 3.05) is 6.61 Å². The lowest BCUT2D eigenvalue weighted by atomic mass is 9.99. The van der Waals surface area contributed by atoms with Gasteiger partial charge in [0.15, 0.2) is 20.4 Å². The summed E-state index contributed by atoms with van der Waals surface area (Å²) in [4.78, 5) is 0. The Hall–Kier alpha value is -0.803. The molecule has 0 aliphatic carbocycles. The largest absolute Gasteiger partial charge is 0.414 e. The first-order chi connectivity index (χ1) is 13.4. The topological polar surface area (TPSA) is 66.4 Å². The molecule has 0 radical (unpaired) electrons. The SMILES string of the molecule is CC1(C)O[C@@H]2[C@@H](O)[C@H](OCc3ccccc3)O[C@H](CO[Si](C)(C)C(C)(C)C)[C@@H]2O1. The van der Waals surface area contributed by atoms with Crippen LogP contribution in [0.15, 0.2) is 30.3 Å². The van der Waals surface area contributed by atoms with Crippen molar-refractivity contribution < 1.29 is 28.5 Å². The minimum absolute atomic E-state index is 0.0933. The number of ether oxygens (including phenoxy) is 4. The summed E-state index contributed by atoms with van der Waals surface area (Å²) in [6, 6.07) is 9.83. The van der Waals surface area contributed by atoms with Gasteiger partial charge in [0, 0.05) is 0 Å². The Labute approximate surface area is 175 Å². The van der Waals surface area contributed by atoms with E-state index in [4.69, 9.17) is 23.4 Å². The molecular weight excluding hydrogens is 388 g/mol. The number of hydrogen-bond acceptors (Lipinski definition) is 6. The van der Waals surface area contributed by atoms with Crippen molar-refractivity contribution in [1.82, 2.24) is 0 Å². The Morgan fingerprint density at radius 2 is 1.69 bits per heavy atom. The third kappa shape index (κ3) is 5.28. The van der Waals surface area contributed by atoms with E-state index in [1.165, 1.54) is 0 Å². The first-order valence-electron chi connectivity index (χ1n) is 10.4. The van der Waals surface area contributed by atoms with Crippen LogP contribution in [0, 0.1) is 0 Å². The summed E-state index contributed by atoms with van der Waals surface area (Å²) in [6.45, 7) is 15.5. The molecule has 2 aliphatic rings. The molecule has 164 valence electrons. The number of aliphatic hydroxyl groups is 1. The van der Waals surface area contributed by atoms with Crippen LogP contribution in [0.4, 0.5) is 0 Å². The third-order valence-electron chi connectivity index (χ3n) is 6.13. The molecule has 0 saturated carbocycles. The molecule has 29 heavy (non-hydrogen) atoms. The molecule has 2 fully saturated rings. The second kappa shape index (κ2) is 8.38. The lowest BCUT2D eigenvalue weighted by molar-refractivity contribution is -0.284. The Balaban J connectivity index is 1.71.